The van der Waals surface area contributed by atoms with Crippen molar-refractivity contribution < 1.29 is 29.3 Å². The zero-order valence-corrected chi connectivity index (χ0v) is 18.8. The molecule has 3 aromatic carbocycles. The van der Waals surface area contributed by atoms with Gasteiger partial charge in [0.25, 0.3) is 11.7 Å². The van der Waals surface area contributed by atoms with Crippen LogP contribution in [0, 0.1) is 0 Å². The van der Waals surface area contributed by atoms with Crippen LogP contribution in [0.15, 0.2) is 78.4 Å². The fraction of sp³-hybridized carbons (Fsp3) is 0.115. The lowest BCUT2D eigenvalue weighted by Gasteiger charge is -2.26. The van der Waals surface area contributed by atoms with Gasteiger partial charge < -0.3 is 14.9 Å². The summed E-state index contributed by atoms with van der Waals surface area (Å²) in [6.45, 7) is 0. The summed E-state index contributed by atoms with van der Waals surface area (Å²) in [7, 11) is 1.50. The van der Waals surface area contributed by atoms with E-state index in [-0.39, 0.29) is 17.8 Å². The Bertz CT molecular complexity index is 1300. The molecule has 0 aromatic heterocycles. The molecule has 1 saturated heterocycles. The van der Waals surface area contributed by atoms with Crippen molar-refractivity contribution in [2.75, 3.05) is 12.0 Å². The van der Waals surface area contributed by atoms with Gasteiger partial charge in [-0.2, -0.15) is 0 Å². The van der Waals surface area contributed by atoms with Gasteiger partial charge in [0.2, 0.25) is 0 Å². The summed E-state index contributed by atoms with van der Waals surface area (Å²) in [4.78, 5) is 38.7. The predicted molar refractivity (Wildman–Crippen MR) is 127 cm³/mol. The number of nitrogens with zero attached hydrogens (tertiary/aromatic N) is 1. The molecule has 0 saturated carbocycles. The number of rotatable bonds is 6. The van der Waals surface area contributed by atoms with E-state index < -0.39 is 23.7 Å². The van der Waals surface area contributed by atoms with Gasteiger partial charge in [0.15, 0.2) is 0 Å². The fourth-order valence-corrected chi connectivity index (χ4v) is 4.06. The number of ether oxygens (including phenoxy) is 1. The Balaban J connectivity index is 1.88. The van der Waals surface area contributed by atoms with Crippen molar-refractivity contribution in [2.24, 2.45) is 0 Å². The zero-order chi connectivity index (χ0) is 24.4. The number of hydrogen-bond acceptors (Lipinski definition) is 5. The molecule has 8 heteroatoms. The molecule has 0 aliphatic carbocycles. The van der Waals surface area contributed by atoms with Crippen LogP contribution in [0.25, 0.3) is 5.76 Å². The van der Waals surface area contributed by atoms with Crippen LogP contribution in [0.4, 0.5) is 5.69 Å². The monoisotopic (exact) mass is 477 g/mol. The Morgan fingerprint density at radius 2 is 1.68 bits per heavy atom. The molecule has 0 radical (unpaired) electrons. The molecule has 172 valence electrons. The molecule has 1 heterocycles. The second-order valence-corrected chi connectivity index (χ2v) is 8.13. The molecule has 3 aromatic rings. The third-order valence-electron chi connectivity index (χ3n) is 5.54. The number of carboxylic acid groups (broad SMARTS) is 1. The number of carbonyl (C=O) groups excluding carboxylic acids is 2. The van der Waals surface area contributed by atoms with Crippen LogP contribution in [0.3, 0.4) is 0 Å². The molecule has 0 spiro atoms. The molecule has 1 aliphatic heterocycles. The van der Waals surface area contributed by atoms with E-state index in [4.69, 9.17) is 21.4 Å². The number of amides is 1. The average molecular weight is 478 g/mol. The highest BCUT2D eigenvalue weighted by atomic mass is 35.5. The number of anilines is 1. The maximum atomic E-state index is 13.2. The molecule has 1 amide bonds. The van der Waals surface area contributed by atoms with E-state index in [2.05, 4.69) is 0 Å². The van der Waals surface area contributed by atoms with Crippen LogP contribution >= 0.6 is 11.6 Å². The van der Waals surface area contributed by atoms with Crippen LogP contribution in [0.1, 0.15) is 22.7 Å². The van der Waals surface area contributed by atoms with E-state index in [9.17, 15) is 19.5 Å². The first kappa shape index (κ1) is 23.1. The number of aliphatic hydroxyl groups excluding tert-OH is 1. The van der Waals surface area contributed by atoms with Crippen molar-refractivity contribution in [1.82, 2.24) is 0 Å². The molecule has 1 fully saturated rings. The highest BCUT2D eigenvalue weighted by Crippen LogP contribution is 2.43. The topological polar surface area (TPSA) is 104 Å². The van der Waals surface area contributed by atoms with Gasteiger partial charge in [-0.05, 0) is 59.7 Å². The standard InChI is InChI=1S/C26H20ClNO6/c1-34-20-4-2-3-17(14-20)23-22(24(31)16-7-9-18(27)10-8-16)25(32)26(33)28(23)19-11-5-15(6-12-19)13-21(29)30/h2-12,14,23,31H,13H2,1H3,(H,29,30)/b24-22-. The minimum Gasteiger partial charge on any atom is -0.507 e. The number of methoxy groups -OCH3 is 1. The van der Waals surface area contributed by atoms with Gasteiger partial charge in [0.1, 0.15) is 11.5 Å². The van der Waals surface area contributed by atoms with E-state index in [1.54, 1.807) is 72.8 Å². The zero-order valence-electron chi connectivity index (χ0n) is 18.1. The Morgan fingerprint density at radius 1 is 1.00 bits per heavy atom. The van der Waals surface area contributed by atoms with Gasteiger partial charge in [-0.1, -0.05) is 35.9 Å². The first-order chi connectivity index (χ1) is 16.3. The first-order valence-corrected chi connectivity index (χ1v) is 10.7. The summed E-state index contributed by atoms with van der Waals surface area (Å²) in [5.41, 5.74) is 1.76. The number of hydrogen-bond donors (Lipinski definition) is 2. The van der Waals surface area contributed by atoms with Crippen LogP contribution in [-0.4, -0.2) is 35.0 Å². The van der Waals surface area contributed by atoms with Crippen molar-refractivity contribution in [3.63, 3.8) is 0 Å². The SMILES string of the molecule is COc1cccc(C2/C(=C(/O)c3ccc(Cl)cc3)C(=O)C(=O)N2c2ccc(CC(=O)O)cc2)c1. The lowest BCUT2D eigenvalue weighted by atomic mass is 9.95. The maximum Gasteiger partial charge on any atom is 0.307 e. The quantitative estimate of drug-likeness (QED) is 0.305. The van der Waals surface area contributed by atoms with Gasteiger partial charge >= 0.3 is 5.97 Å². The minimum absolute atomic E-state index is 0.0739. The molecular formula is C26H20ClNO6. The number of carboxylic acids is 1. The summed E-state index contributed by atoms with van der Waals surface area (Å²) in [6, 6.07) is 18.6. The fourth-order valence-electron chi connectivity index (χ4n) is 3.94. The summed E-state index contributed by atoms with van der Waals surface area (Å²) in [6.07, 6.45) is -0.172. The molecule has 0 bridgehead atoms. The second kappa shape index (κ2) is 9.41. The molecule has 1 atom stereocenters. The average Bonchev–Trinajstić information content (AvgIpc) is 3.10. The second-order valence-electron chi connectivity index (χ2n) is 7.69. The normalized spacial score (nSPS) is 17.1. The number of aliphatic hydroxyl groups is 1. The van der Waals surface area contributed by atoms with Gasteiger partial charge in [0.05, 0.1) is 25.1 Å². The third kappa shape index (κ3) is 4.38. The van der Waals surface area contributed by atoms with Crippen molar-refractivity contribution >= 4 is 40.7 Å². The van der Waals surface area contributed by atoms with E-state index in [0.717, 1.165) is 0 Å². The van der Waals surface area contributed by atoms with Crippen molar-refractivity contribution in [2.45, 2.75) is 12.5 Å². The number of ketones is 1. The van der Waals surface area contributed by atoms with Crippen molar-refractivity contribution in [3.05, 3.63) is 100 Å². The maximum absolute atomic E-state index is 13.2. The lowest BCUT2D eigenvalue weighted by Crippen LogP contribution is -2.29. The number of carbonyl (C=O) groups is 3. The van der Waals surface area contributed by atoms with E-state index in [0.29, 0.717) is 33.1 Å². The highest BCUT2D eigenvalue weighted by molar-refractivity contribution is 6.51. The van der Waals surface area contributed by atoms with Gasteiger partial charge in [-0.25, -0.2) is 0 Å². The Kier molecular flexibility index (Phi) is 6.38. The molecule has 1 unspecified atom stereocenters. The number of benzene rings is 3. The van der Waals surface area contributed by atoms with Crippen LogP contribution in [0.5, 0.6) is 5.75 Å². The lowest BCUT2D eigenvalue weighted by molar-refractivity contribution is -0.136. The van der Waals surface area contributed by atoms with Crippen LogP contribution in [-0.2, 0) is 20.8 Å². The summed E-state index contributed by atoms with van der Waals surface area (Å²) < 4.78 is 5.32. The molecule has 34 heavy (non-hydrogen) atoms. The Hall–Kier alpha value is -4.10. The minimum atomic E-state index is -0.979. The molecule has 1 aliphatic rings. The number of aliphatic carboxylic acids is 1. The van der Waals surface area contributed by atoms with Gasteiger partial charge in [-0.15, -0.1) is 0 Å². The van der Waals surface area contributed by atoms with Crippen LogP contribution in [0.2, 0.25) is 5.02 Å². The molecule has 2 N–H and O–H groups in total. The van der Waals surface area contributed by atoms with Crippen LogP contribution < -0.4 is 9.64 Å². The van der Waals surface area contributed by atoms with E-state index >= 15 is 0 Å². The number of halogens is 1. The third-order valence-corrected chi connectivity index (χ3v) is 5.79. The number of Topliss-reactive ketones (excluding diaryl/α,β-unsaturated/α-hetero) is 1. The largest absolute Gasteiger partial charge is 0.507 e. The highest BCUT2D eigenvalue weighted by Gasteiger charge is 2.47. The van der Waals surface area contributed by atoms with E-state index in [1.807, 2.05) is 0 Å². The van der Waals surface area contributed by atoms with E-state index in [1.165, 1.54) is 12.0 Å². The van der Waals surface area contributed by atoms with Gasteiger partial charge in [-0.3, -0.25) is 19.3 Å². The Morgan fingerprint density at radius 3 is 2.29 bits per heavy atom. The van der Waals surface area contributed by atoms with Gasteiger partial charge in [0, 0.05) is 16.3 Å². The Labute approximate surface area is 200 Å². The summed E-state index contributed by atoms with van der Waals surface area (Å²) in [5, 5.41) is 20.6. The van der Waals surface area contributed by atoms with Crippen molar-refractivity contribution in [1.29, 1.82) is 0 Å². The molecule has 7 nitrogen and oxygen atoms in total. The smallest absolute Gasteiger partial charge is 0.307 e. The first-order valence-electron chi connectivity index (χ1n) is 10.3. The molecule has 4 rings (SSSR count). The summed E-state index contributed by atoms with van der Waals surface area (Å²) in [5.74, 6) is -2.43. The summed E-state index contributed by atoms with van der Waals surface area (Å²) >= 11 is 5.96. The molecular weight excluding hydrogens is 458 g/mol. The predicted octanol–water partition coefficient (Wildman–Crippen LogP) is 4.60. The van der Waals surface area contributed by atoms with Crippen molar-refractivity contribution in [3.8, 4) is 5.75 Å².